The fraction of sp³-hybridized carbons (Fsp3) is 0.471. The normalized spacial score (nSPS) is 17.7. The van der Waals surface area contributed by atoms with Gasteiger partial charge in [0.25, 0.3) is 0 Å². The lowest BCUT2D eigenvalue weighted by atomic mass is 9.98. The number of nitrogens with one attached hydrogen (secondary N) is 3. The van der Waals surface area contributed by atoms with E-state index in [1.165, 1.54) is 12.4 Å². The molecule has 1 fully saturated rings. The smallest absolute Gasteiger partial charge is 0.150 e. The summed E-state index contributed by atoms with van der Waals surface area (Å²) in [5.74, 6) is 1.47. The zero-order valence-electron chi connectivity index (χ0n) is 15.0. The predicted octanol–water partition coefficient (Wildman–Crippen LogP) is 0.825. The highest BCUT2D eigenvalue weighted by atomic mass is 16.5. The average molecular weight is 359 g/mol. The van der Waals surface area contributed by atoms with E-state index in [-0.39, 0.29) is 6.10 Å². The van der Waals surface area contributed by atoms with Gasteiger partial charge in [-0.15, -0.1) is 0 Å². The van der Waals surface area contributed by atoms with Crippen LogP contribution in [0.5, 0.6) is 0 Å². The Morgan fingerprint density at radius 1 is 1.27 bits per heavy atom. The lowest BCUT2D eigenvalue weighted by Crippen LogP contribution is -2.42. The highest BCUT2D eigenvalue weighted by molar-refractivity contribution is 5.62. The Hall–Kier alpha value is -2.49. The summed E-state index contributed by atoms with van der Waals surface area (Å²) in [4.78, 5) is 12.5. The van der Waals surface area contributed by atoms with Gasteiger partial charge in [0.05, 0.1) is 30.7 Å². The summed E-state index contributed by atoms with van der Waals surface area (Å²) in [6, 6.07) is 1.83. The monoisotopic (exact) mass is 359 g/mol. The van der Waals surface area contributed by atoms with Crippen LogP contribution in [0.4, 0.5) is 23.1 Å². The quantitative estimate of drug-likeness (QED) is 0.509. The molecule has 6 N–H and O–H groups in total. The number of nitrogen functional groups attached to an aromatic ring is 1. The fourth-order valence-corrected chi connectivity index (χ4v) is 2.67. The molecule has 2 aromatic heterocycles. The third kappa shape index (κ3) is 4.78. The average Bonchev–Trinajstić information content (AvgIpc) is 2.62. The number of hydrogen-bond donors (Lipinski definition) is 5. The van der Waals surface area contributed by atoms with Gasteiger partial charge in [0, 0.05) is 43.1 Å². The van der Waals surface area contributed by atoms with E-state index in [9.17, 15) is 5.11 Å². The Balaban J connectivity index is 1.77. The van der Waals surface area contributed by atoms with Crippen LogP contribution in [0.3, 0.4) is 0 Å². The predicted molar refractivity (Wildman–Crippen MR) is 100 cm³/mol. The Morgan fingerprint density at radius 3 is 2.73 bits per heavy atom. The van der Waals surface area contributed by atoms with Gasteiger partial charge in [-0.25, -0.2) is 15.0 Å². The Morgan fingerprint density at radius 2 is 2.08 bits per heavy atom. The second kappa shape index (κ2) is 7.81. The molecule has 0 bridgehead atoms. The molecule has 0 unspecified atom stereocenters. The largest absolute Gasteiger partial charge is 0.386 e. The van der Waals surface area contributed by atoms with Crippen LogP contribution in [-0.2, 0) is 10.3 Å². The molecule has 26 heavy (non-hydrogen) atoms. The first-order chi connectivity index (χ1) is 12.4. The van der Waals surface area contributed by atoms with E-state index < -0.39 is 5.60 Å². The summed E-state index contributed by atoms with van der Waals surface area (Å²) in [5.41, 5.74) is 6.01. The van der Waals surface area contributed by atoms with Crippen molar-refractivity contribution in [1.82, 2.24) is 20.3 Å². The molecule has 0 aliphatic carbocycles. The lowest BCUT2D eigenvalue weighted by Gasteiger charge is -2.27. The van der Waals surface area contributed by atoms with E-state index >= 15 is 0 Å². The van der Waals surface area contributed by atoms with Crippen molar-refractivity contribution in [3.8, 4) is 0 Å². The van der Waals surface area contributed by atoms with E-state index in [1.807, 2.05) is 6.07 Å². The van der Waals surface area contributed by atoms with Gasteiger partial charge in [-0.3, -0.25) is 0 Å². The number of rotatable bonds is 6. The first-order valence-electron chi connectivity index (χ1n) is 8.55. The highest BCUT2D eigenvalue weighted by Gasteiger charge is 2.22. The molecule has 1 aliphatic heterocycles. The molecule has 0 spiro atoms. The van der Waals surface area contributed by atoms with Crippen LogP contribution >= 0.6 is 0 Å². The summed E-state index contributed by atoms with van der Waals surface area (Å²) < 4.78 is 5.71. The van der Waals surface area contributed by atoms with Crippen LogP contribution in [0.15, 0.2) is 24.7 Å². The summed E-state index contributed by atoms with van der Waals surface area (Å²) in [6.45, 7) is 6.45. The minimum Gasteiger partial charge on any atom is -0.386 e. The van der Waals surface area contributed by atoms with Crippen molar-refractivity contribution < 1.29 is 9.84 Å². The first kappa shape index (κ1) is 18.3. The zero-order valence-corrected chi connectivity index (χ0v) is 15.0. The van der Waals surface area contributed by atoms with Crippen LogP contribution in [0.25, 0.3) is 0 Å². The van der Waals surface area contributed by atoms with Crippen LogP contribution in [-0.4, -0.2) is 52.4 Å². The van der Waals surface area contributed by atoms with Crippen LogP contribution in [0, 0.1) is 0 Å². The van der Waals surface area contributed by atoms with Crippen molar-refractivity contribution in [2.75, 3.05) is 42.6 Å². The number of morpholine rings is 1. The van der Waals surface area contributed by atoms with E-state index in [0.29, 0.717) is 36.2 Å². The Bertz CT molecular complexity index is 725. The Kier molecular flexibility index (Phi) is 5.50. The fourth-order valence-electron chi connectivity index (χ4n) is 2.67. The molecule has 3 rings (SSSR count). The molecular weight excluding hydrogens is 334 g/mol. The van der Waals surface area contributed by atoms with Crippen molar-refractivity contribution in [2.24, 2.45) is 0 Å². The van der Waals surface area contributed by atoms with E-state index in [1.54, 1.807) is 20.0 Å². The topological polar surface area (TPSA) is 130 Å². The van der Waals surface area contributed by atoms with Crippen molar-refractivity contribution in [2.45, 2.75) is 25.6 Å². The van der Waals surface area contributed by atoms with E-state index in [4.69, 9.17) is 10.5 Å². The molecule has 0 amide bonds. The SMILES string of the molecule is CC(C)(O)c1cnc(Nc2cnc(N)cn2)cc1NC[C@@H]1CNCCO1. The van der Waals surface area contributed by atoms with Gasteiger partial charge in [0.2, 0.25) is 0 Å². The number of aliphatic hydroxyl groups is 1. The van der Waals surface area contributed by atoms with E-state index in [0.717, 1.165) is 18.8 Å². The number of nitrogens with two attached hydrogens (primary N) is 1. The van der Waals surface area contributed by atoms with Gasteiger partial charge >= 0.3 is 0 Å². The summed E-state index contributed by atoms with van der Waals surface area (Å²) in [7, 11) is 0. The molecule has 0 aromatic carbocycles. The maximum Gasteiger partial charge on any atom is 0.150 e. The lowest BCUT2D eigenvalue weighted by molar-refractivity contribution is 0.0370. The number of hydrogen-bond acceptors (Lipinski definition) is 9. The maximum atomic E-state index is 10.4. The molecule has 1 aliphatic rings. The minimum atomic E-state index is -1.03. The summed E-state index contributed by atoms with van der Waals surface area (Å²) in [5, 5.41) is 20.2. The number of nitrogens with zero attached hydrogens (tertiary/aromatic N) is 3. The minimum absolute atomic E-state index is 0.0749. The third-order valence-electron chi connectivity index (χ3n) is 4.02. The second-order valence-corrected chi connectivity index (χ2v) is 6.70. The van der Waals surface area contributed by atoms with Crippen molar-refractivity contribution in [3.05, 3.63) is 30.2 Å². The zero-order chi connectivity index (χ0) is 18.6. The molecule has 140 valence electrons. The molecule has 3 heterocycles. The van der Waals surface area contributed by atoms with Gasteiger partial charge in [0.15, 0.2) is 0 Å². The molecule has 1 atom stereocenters. The van der Waals surface area contributed by atoms with Crippen molar-refractivity contribution in [3.63, 3.8) is 0 Å². The molecular formula is C17H25N7O2. The first-order valence-corrected chi connectivity index (χ1v) is 8.55. The molecule has 2 aromatic rings. The summed E-state index contributed by atoms with van der Waals surface area (Å²) >= 11 is 0. The number of pyridine rings is 1. The van der Waals surface area contributed by atoms with Crippen LogP contribution in [0.1, 0.15) is 19.4 Å². The van der Waals surface area contributed by atoms with Gasteiger partial charge < -0.3 is 31.5 Å². The number of aromatic nitrogens is 3. The molecule has 0 saturated carbocycles. The van der Waals surface area contributed by atoms with Crippen LogP contribution < -0.4 is 21.7 Å². The molecule has 9 heteroatoms. The second-order valence-electron chi connectivity index (χ2n) is 6.70. The molecule has 0 radical (unpaired) electrons. The van der Waals surface area contributed by atoms with E-state index in [2.05, 4.69) is 30.9 Å². The number of anilines is 4. The molecule has 9 nitrogen and oxygen atoms in total. The van der Waals surface area contributed by atoms with Gasteiger partial charge in [-0.2, -0.15) is 0 Å². The highest BCUT2D eigenvalue weighted by Crippen LogP contribution is 2.29. The van der Waals surface area contributed by atoms with Crippen molar-refractivity contribution in [1.29, 1.82) is 0 Å². The Labute approximate surface area is 152 Å². The van der Waals surface area contributed by atoms with Gasteiger partial charge in [0.1, 0.15) is 17.5 Å². The molecule has 1 saturated heterocycles. The maximum absolute atomic E-state index is 10.4. The standard InChI is InChI=1S/C17H25N7O2/c1-17(2,25)12-8-22-15(24-16-10-21-14(18)9-23-16)5-13(12)20-7-11-6-19-3-4-26-11/h5,8-11,19,25H,3-4,6-7H2,1-2H3,(H2,18,21)(H2,20,22,23,24)/t11-/m0/s1. The third-order valence-corrected chi connectivity index (χ3v) is 4.02. The van der Waals surface area contributed by atoms with Crippen molar-refractivity contribution >= 4 is 23.1 Å². The van der Waals surface area contributed by atoms with Gasteiger partial charge in [-0.1, -0.05) is 0 Å². The number of ether oxygens (including phenoxy) is 1. The van der Waals surface area contributed by atoms with Gasteiger partial charge in [-0.05, 0) is 13.8 Å². The summed E-state index contributed by atoms with van der Waals surface area (Å²) in [6.07, 6.45) is 4.73. The van der Waals surface area contributed by atoms with Crippen LogP contribution in [0.2, 0.25) is 0 Å².